The molecule has 1 fully saturated rings. The van der Waals surface area contributed by atoms with Crippen LogP contribution in [0.2, 0.25) is 10.0 Å². The molecule has 1 aliphatic rings. The molecule has 96 valence electrons. The first-order valence-electron chi connectivity index (χ1n) is 6.57. The average molecular weight is 282 g/mol. The van der Waals surface area contributed by atoms with Gasteiger partial charge in [0.25, 0.3) is 0 Å². The molecule has 0 aromatic heterocycles. The van der Waals surface area contributed by atoms with Crippen LogP contribution in [0.25, 0.3) is 0 Å². The van der Waals surface area contributed by atoms with Crippen molar-refractivity contribution in [1.29, 1.82) is 5.26 Å². The maximum Gasteiger partial charge on any atom is 0.0741 e. The molecule has 0 radical (unpaired) electrons. The van der Waals surface area contributed by atoms with Gasteiger partial charge in [-0.2, -0.15) is 5.26 Å². The van der Waals surface area contributed by atoms with Crippen LogP contribution in [-0.4, -0.2) is 0 Å². The Bertz CT molecular complexity index is 442. The van der Waals surface area contributed by atoms with E-state index in [1.165, 1.54) is 25.7 Å². The second-order valence-electron chi connectivity index (χ2n) is 5.03. The van der Waals surface area contributed by atoms with Crippen molar-refractivity contribution in [2.24, 2.45) is 5.92 Å². The summed E-state index contributed by atoms with van der Waals surface area (Å²) in [5.74, 6) is 0.424. The largest absolute Gasteiger partial charge is 0.198 e. The van der Waals surface area contributed by atoms with Crippen LogP contribution in [0, 0.1) is 17.2 Å². The van der Waals surface area contributed by atoms with E-state index in [9.17, 15) is 5.26 Å². The number of rotatable bonds is 2. The number of nitriles is 1. The lowest BCUT2D eigenvalue weighted by Gasteiger charge is -2.20. The van der Waals surface area contributed by atoms with Gasteiger partial charge >= 0.3 is 0 Å². The first kappa shape index (κ1) is 13.7. The first-order valence-corrected chi connectivity index (χ1v) is 7.32. The van der Waals surface area contributed by atoms with Gasteiger partial charge in [0.15, 0.2) is 0 Å². The molecule has 1 nitrogen and oxygen atoms in total. The van der Waals surface area contributed by atoms with E-state index in [0.29, 0.717) is 16.0 Å². The Morgan fingerprint density at radius 1 is 1.06 bits per heavy atom. The van der Waals surface area contributed by atoms with Gasteiger partial charge in [0.2, 0.25) is 0 Å². The molecule has 0 heterocycles. The van der Waals surface area contributed by atoms with Crippen molar-refractivity contribution in [3.63, 3.8) is 0 Å². The van der Waals surface area contributed by atoms with E-state index in [1.54, 1.807) is 6.07 Å². The van der Waals surface area contributed by atoms with Crippen LogP contribution >= 0.6 is 23.2 Å². The Morgan fingerprint density at radius 3 is 2.28 bits per heavy atom. The Morgan fingerprint density at radius 2 is 1.72 bits per heavy atom. The molecule has 1 aromatic carbocycles. The van der Waals surface area contributed by atoms with Gasteiger partial charge in [-0.15, -0.1) is 0 Å². The van der Waals surface area contributed by atoms with E-state index >= 15 is 0 Å². The summed E-state index contributed by atoms with van der Waals surface area (Å²) < 4.78 is 0. The van der Waals surface area contributed by atoms with Crippen LogP contribution in [0.5, 0.6) is 0 Å². The zero-order valence-corrected chi connectivity index (χ0v) is 11.8. The molecule has 1 aliphatic carbocycles. The van der Waals surface area contributed by atoms with Gasteiger partial charge < -0.3 is 0 Å². The van der Waals surface area contributed by atoms with Gasteiger partial charge in [0, 0.05) is 0 Å². The summed E-state index contributed by atoms with van der Waals surface area (Å²) in [4.78, 5) is 0. The third-order valence-corrected chi connectivity index (χ3v) is 4.55. The monoisotopic (exact) mass is 281 g/mol. The van der Waals surface area contributed by atoms with E-state index in [-0.39, 0.29) is 5.92 Å². The Labute approximate surface area is 119 Å². The molecule has 1 aromatic rings. The number of nitrogens with zero attached hydrogens (tertiary/aromatic N) is 1. The zero-order valence-electron chi connectivity index (χ0n) is 10.3. The molecule has 3 heteroatoms. The lowest BCUT2D eigenvalue weighted by molar-refractivity contribution is 0.425. The van der Waals surface area contributed by atoms with Crippen molar-refractivity contribution in [1.82, 2.24) is 0 Å². The molecule has 1 saturated carbocycles. The molecular weight excluding hydrogens is 265 g/mol. The minimum Gasteiger partial charge on any atom is -0.198 e. The highest BCUT2D eigenvalue weighted by Gasteiger charge is 2.24. The Kier molecular flexibility index (Phi) is 4.92. The molecule has 1 unspecified atom stereocenters. The lowest BCUT2D eigenvalue weighted by Crippen LogP contribution is -2.11. The molecule has 0 saturated heterocycles. The molecule has 2 rings (SSSR count). The van der Waals surface area contributed by atoms with Crippen molar-refractivity contribution in [3.8, 4) is 6.07 Å². The molecule has 0 N–H and O–H groups in total. The highest BCUT2D eigenvalue weighted by atomic mass is 35.5. The van der Waals surface area contributed by atoms with Crippen molar-refractivity contribution >= 4 is 23.2 Å². The second-order valence-corrected chi connectivity index (χ2v) is 5.85. The van der Waals surface area contributed by atoms with Gasteiger partial charge in [-0.3, -0.25) is 0 Å². The normalized spacial score (nSPS) is 18.9. The average Bonchev–Trinajstić information content (AvgIpc) is 2.64. The van der Waals surface area contributed by atoms with E-state index in [0.717, 1.165) is 18.4 Å². The summed E-state index contributed by atoms with van der Waals surface area (Å²) in [7, 11) is 0. The van der Waals surface area contributed by atoms with E-state index < -0.39 is 0 Å². The van der Waals surface area contributed by atoms with Gasteiger partial charge in [-0.05, 0) is 36.5 Å². The summed E-state index contributed by atoms with van der Waals surface area (Å²) in [6.07, 6.45) is 7.39. The number of halogens is 2. The minimum absolute atomic E-state index is 0.0436. The Hall–Kier alpha value is -0.710. The smallest absolute Gasteiger partial charge is 0.0741 e. The summed E-state index contributed by atoms with van der Waals surface area (Å²) in [5.41, 5.74) is 1.01. The third-order valence-electron chi connectivity index (χ3n) is 3.81. The van der Waals surface area contributed by atoms with Crippen LogP contribution in [-0.2, 0) is 0 Å². The predicted molar refractivity (Wildman–Crippen MR) is 76.0 cm³/mol. The van der Waals surface area contributed by atoms with Gasteiger partial charge in [-0.25, -0.2) is 0 Å². The maximum atomic E-state index is 9.46. The van der Waals surface area contributed by atoms with Crippen LogP contribution < -0.4 is 0 Å². The fourth-order valence-corrected chi connectivity index (χ4v) is 3.11. The highest BCUT2D eigenvalue weighted by Crippen LogP contribution is 2.36. The summed E-state index contributed by atoms with van der Waals surface area (Å²) in [5, 5.41) is 10.6. The third kappa shape index (κ3) is 3.19. The second kappa shape index (κ2) is 6.45. The summed E-state index contributed by atoms with van der Waals surface area (Å²) in [6.45, 7) is 0. The first-order chi connectivity index (χ1) is 8.72. The highest BCUT2D eigenvalue weighted by molar-refractivity contribution is 6.42. The summed E-state index contributed by atoms with van der Waals surface area (Å²) >= 11 is 12.0. The van der Waals surface area contributed by atoms with E-state index in [4.69, 9.17) is 23.2 Å². The fraction of sp³-hybridized carbons (Fsp3) is 0.533. The van der Waals surface area contributed by atoms with Crippen LogP contribution in [0.4, 0.5) is 0 Å². The zero-order chi connectivity index (χ0) is 13.0. The van der Waals surface area contributed by atoms with Crippen molar-refractivity contribution in [2.45, 2.75) is 44.4 Å². The number of hydrogen-bond donors (Lipinski definition) is 0. The molecule has 18 heavy (non-hydrogen) atoms. The molecule has 0 amide bonds. The topological polar surface area (TPSA) is 23.8 Å². The van der Waals surface area contributed by atoms with Crippen molar-refractivity contribution < 1.29 is 0 Å². The lowest BCUT2D eigenvalue weighted by atomic mass is 9.82. The Balaban J connectivity index is 2.21. The van der Waals surface area contributed by atoms with Gasteiger partial charge in [-0.1, -0.05) is 55.0 Å². The summed E-state index contributed by atoms with van der Waals surface area (Å²) in [6, 6.07) is 8.04. The van der Waals surface area contributed by atoms with Gasteiger partial charge in [0.1, 0.15) is 0 Å². The van der Waals surface area contributed by atoms with Crippen LogP contribution in [0.3, 0.4) is 0 Å². The van der Waals surface area contributed by atoms with Crippen molar-refractivity contribution in [3.05, 3.63) is 33.8 Å². The predicted octanol–water partition coefficient (Wildman–Crippen LogP) is 5.57. The molecule has 0 aliphatic heterocycles. The molecule has 0 spiro atoms. The molecule has 1 atom stereocenters. The fourth-order valence-electron chi connectivity index (χ4n) is 2.80. The SMILES string of the molecule is N#CC(c1ccc(Cl)c(Cl)c1)C1CCCCCC1. The quantitative estimate of drug-likeness (QED) is 0.650. The van der Waals surface area contributed by atoms with Crippen LogP contribution in [0.15, 0.2) is 18.2 Å². The van der Waals surface area contributed by atoms with Gasteiger partial charge in [0.05, 0.1) is 22.0 Å². The minimum atomic E-state index is -0.0436. The van der Waals surface area contributed by atoms with Crippen molar-refractivity contribution in [2.75, 3.05) is 0 Å². The number of hydrogen-bond acceptors (Lipinski definition) is 1. The van der Waals surface area contributed by atoms with E-state index in [2.05, 4.69) is 6.07 Å². The number of benzene rings is 1. The standard InChI is InChI=1S/C15H17Cl2N/c16-14-8-7-12(9-15(14)17)13(10-18)11-5-3-1-2-4-6-11/h7-9,11,13H,1-6H2. The molecule has 0 bridgehead atoms. The van der Waals surface area contributed by atoms with E-state index in [1.807, 2.05) is 12.1 Å². The molecular formula is C15H17Cl2N. The van der Waals surface area contributed by atoms with Crippen LogP contribution in [0.1, 0.15) is 50.0 Å². The maximum absolute atomic E-state index is 9.46.